The zero-order valence-corrected chi connectivity index (χ0v) is 15.7. The summed E-state index contributed by atoms with van der Waals surface area (Å²) in [6.45, 7) is 1.38. The molecular weight excluding hydrogens is 363 g/mol. The molecule has 0 saturated heterocycles. The van der Waals surface area contributed by atoms with Crippen LogP contribution in [-0.2, 0) is 19.4 Å². The van der Waals surface area contributed by atoms with Gasteiger partial charge in [0.15, 0.2) is 0 Å². The van der Waals surface area contributed by atoms with Crippen LogP contribution < -0.4 is 5.73 Å². The predicted molar refractivity (Wildman–Crippen MR) is 104 cm³/mol. The third-order valence-corrected chi connectivity index (χ3v) is 4.98. The Morgan fingerprint density at radius 3 is 2.67 bits per heavy atom. The van der Waals surface area contributed by atoms with Crippen molar-refractivity contribution in [3.05, 3.63) is 81.8 Å². The number of hydrogen-bond acceptors (Lipinski definition) is 5. The van der Waals surface area contributed by atoms with Gasteiger partial charge in [0.1, 0.15) is 11.5 Å². The molecule has 0 aliphatic heterocycles. The fourth-order valence-corrected chi connectivity index (χ4v) is 3.46. The summed E-state index contributed by atoms with van der Waals surface area (Å²) in [7, 11) is 0. The number of aromatic nitrogens is 2. The number of nitrogens with two attached hydrogens (primary N) is 1. The van der Waals surface area contributed by atoms with Crippen molar-refractivity contribution in [2.24, 2.45) is 5.73 Å². The summed E-state index contributed by atoms with van der Waals surface area (Å²) >= 11 is 1.44. The maximum Gasteiger partial charge on any atom is 0.273 e. The normalized spacial score (nSPS) is 10.7. The van der Waals surface area contributed by atoms with Crippen LogP contribution in [0.4, 0.5) is 4.39 Å². The average molecular weight is 384 g/mol. The first-order valence-corrected chi connectivity index (χ1v) is 9.62. The molecule has 140 valence electrons. The highest BCUT2D eigenvalue weighted by Gasteiger charge is 2.19. The number of nitrogens with zero attached hydrogens (tertiary/aromatic N) is 3. The van der Waals surface area contributed by atoms with Gasteiger partial charge in [-0.1, -0.05) is 18.2 Å². The molecule has 0 bridgehead atoms. The lowest BCUT2D eigenvalue weighted by Gasteiger charge is -2.22. The lowest BCUT2D eigenvalue weighted by molar-refractivity contribution is 0.0739. The Morgan fingerprint density at radius 1 is 1.15 bits per heavy atom. The molecule has 3 aromatic rings. The average Bonchev–Trinajstić information content (AvgIpc) is 3.16. The Balaban J connectivity index is 1.76. The van der Waals surface area contributed by atoms with Gasteiger partial charge in [0.2, 0.25) is 0 Å². The smallest absolute Gasteiger partial charge is 0.273 e. The molecular formula is C20H21FN4OS. The van der Waals surface area contributed by atoms with Crippen molar-refractivity contribution in [3.8, 4) is 0 Å². The van der Waals surface area contributed by atoms with E-state index in [1.165, 1.54) is 23.5 Å². The molecule has 0 aliphatic rings. The van der Waals surface area contributed by atoms with Gasteiger partial charge in [0, 0.05) is 43.2 Å². The van der Waals surface area contributed by atoms with E-state index in [4.69, 9.17) is 5.73 Å². The number of pyridine rings is 1. The summed E-state index contributed by atoms with van der Waals surface area (Å²) in [6.07, 6.45) is 3.03. The minimum Gasteiger partial charge on any atom is -0.333 e. The van der Waals surface area contributed by atoms with E-state index in [0.29, 0.717) is 38.2 Å². The monoisotopic (exact) mass is 384 g/mol. The minimum atomic E-state index is -0.295. The van der Waals surface area contributed by atoms with Gasteiger partial charge in [-0.15, -0.1) is 11.3 Å². The van der Waals surface area contributed by atoms with Crippen molar-refractivity contribution >= 4 is 17.2 Å². The number of halogens is 1. The SMILES string of the molecule is NCCc1nc(C(=O)N(CCc2ccccn2)Cc2ccc(F)cc2)cs1. The number of carbonyl (C=O) groups is 1. The highest BCUT2D eigenvalue weighted by Crippen LogP contribution is 2.15. The zero-order valence-electron chi connectivity index (χ0n) is 14.8. The molecule has 0 saturated carbocycles. The van der Waals surface area contributed by atoms with Gasteiger partial charge in [0.25, 0.3) is 5.91 Å². The van der Waals surface area contributed by atoms with Crippen LogP contribution in [0.15, 0.2) is 54.0 Å². The van der Waals surface area contributed by atoms with Crippen LogP contribution in [0.5, 0.6) is 0 Å². The molecule has 0 unspecified atom stereocenters. The van der Waals surface area contributed by atoms with E-state index in [9.17, 15) is 9.18 Å². The molecule has 0 spiro atoms. The molecule has 1 amide bonds. The van der Waals surface area contributed by atoms with Crippen LogP contribution in [0.2, 0.25) is 0 Å². The van der Waals surface area contributed by atoms with E-state index >= 15 is 0 Å². The van der Waals surface area contributed by atoms with Gasteiger partial charge >= 0.3 is 0 Å². The predicted octanol–water partition coefficient (Wildman–Crippen LogP) is 3.06. The van der Waals surface area contributed by atoms with E-state index in [1.54, 1.807) is 28.6 Å². The van der Waals surface area contributed by atoms with Gasteiger partial charge in [0.05, 0.1) is 5.01 Å². The largest absolute Gasteiger partial charge is 0.333 e. The highest BCUT2D eigenvalue weighted by atomic mass is 32.1. The maximum atomic E-state index is 13.2. The summed E-state index contributed by atoms with van der Waals surface area (Å²) in [6, 6.07) is 11.9. The van der Waals surface area contributed by atoms with Crippen LogP contribution in [0.3, 0.4) is 0 Å². The summed E-state index contributed by atoms with van der Waals surface area (Å²) in [4.78, 5) is 23.4. The van der Waals surface area contributed by atoms with Crippen LogP contribution in [0.1, 0.15) is 26.8 Å². The van der Waals surface area contributed by atoms with Crippen molar-refractivity contribution in [2.45, 2.75) is 19.4 Å². The van der Waals surface area contributed by atoms with E-state index in [0.717, 1.165) is 16.3 Å². The molecule has 0 fully saturated rings. The molecule has 0 atom stereocenters. The molecule has 5 nitrogen and oxygen atoms in total. The summed E-state index contributed by atoms with van der Waals surface area (Å²) in [5.74, 6) is -0.439. The Morgan fingerprint density at radius 2 is 1.96 bits per heavy atom. The van der Waals surface area contributed by atoms with Gasteiger partial charge in [-0.3, -0.25) is 9.78 Å². The second kappa shape index (κ2) is 9.34. The van der Waals surface area contributed by atoms with Crippen molar-refractivity contribution in [3.63, 3.8) is 0 Å². The van der Waals surface area contributed by atoms with Gasteiger partial charge in [-0.05, 0) is 36.4 Å². The Bertz CT molecular complexity index is 867. The van der Waals surface area contributed by atoms with E-state index < -0.39 is 0 Å². The molecule has 2 heterocycles. The molecule has 27 heavy (non-hydrogen) atoms. The molecule has 0 radical (unpaired) electrons. The maximum absolute atomic E-state index is 13.2. The van der Waals surface area contributed by atoms with Crippen LogP contribution in [-0.4, -0.2) is 33.9 Å². The molecule has 7 heteroatoms. The van der Waals surface area contributed by atoms with Crippen molar-refractivity contribution in [1.29, 1.82) is 0 Å². The van der Waals surface area contributed by atoms with Crippen molar-refractivity contribution in [1.82, 2.24) is 14.9 Å². The Labute approximate surface area is 161 Å². The van der Waals surface area contributed by atoms with E-state index in [1.807, 2.05) is 18.2 Å². The van der Waals surface area contributed by atoms with E-state index in [2.05, 4.69) is 9.97 Å². The van der Waals surface area contributed by atoms with Crippen LogP contribution >= 0.6 is 11.3 Å². The highest BCUT2D eigenvalue weighted by molar-refractivity contribution is 7.09. The van der Waals surface area contributed by atoms with E-state index in [-0.39, 0.29) is 11.7 Å². The fraction of sp³-hybridized carbons (Fsp3) is 0.250. The molecule has 0 aliphatic carbocycles. The summed E-state index contributed by atoms with van der Waals surface area (Å²) < 4.78 is 13.2. The lowest BCUT2D eigenvalue weighted by atomic mass is 10.2. The van der Waals surface area contributed by atoms with Crippen LogP contribution in [0.25, 0.3) is 0 Å². The number of rotatable bonds is 8. The zero-order chi connectivity index (χ0) is 19.1. The second-order valence-electron chi connectivity index (χ2n) is 6.09. The van der Waals surface area contributed by atoms with Crippen molar-refractivity contribution in [2.75, 3.05) is 13.1 Å². The number of amides is 1. The lowest BCUT2D eigenvalue weighted by Crippen LogP contribution is -2.33. The fourth-order valence-electron chi connectivity index (χ4n) is 2.67. The van der Waals surface area contributed by atoms with Gasteiger partial charge in [-0.2, -0.15) is 0 Å². The Kier molecular flexibility index (Phi) is 6.62. The van der Waals surface area contributed by atoms with Gasteiger partial charge < -0.3 is 10.6 Å². The summed E-state index contributed by atoms with van der Waals surface area (Å²) in [5, 5.41) is 2.62. The number of hydrogen-bond donors (Lipinski definition) is 1. The number of carbonyl (C=O) groups excluding carboxylic acids is 1. The third kappa shape index (κ3) is 5.42. The first-order chi connectivity index (χ1) is 13.2. The van der Waals surface area contributed by atoms with Crippen molar-refractivity contribution < 1.29 is 9.18 Å². The molecule has 2 N–H and O–H groups in total. The number of benzene rings is 1. The van der Waals surface area contributed by atoms with Gasteiger partial charge in [-0.25, -0.2) is 9.37 Å². The minimum absolute atomic E-state index is 0.144. The standard InChI is InChI=1S/C20H21FN4OS/c21-16-6-4-15(5-7-16)13-25(12-9-17-3-1-2-11-23-17)20(26)18-14-27-19(24-18)8-10-22/h1-7,11,14H,8-10,12-13,22H2. The Hall–Kier alpha value is -2.64. The molecule has 2 aromatic heterocycles. The molecule has 3 rings (SSSR count). The molecule has 1 aromatic carbocycles. The first-order valence-electron chi connectivity index (χ1n) is 8.74. The third-order valence-electron chi connectivity index (χ3n) is 4.07. The first kappa shape index (κ1) is 19.1. The van der Waals surface area contributed by atoms with Crippen LogP contribution in [0, 0.1) is 5.82 Å². The summed E-state index contributed by atoms with van der Waals surface area (Å²) in [5.41, 5.74) is 7.77. The number of thiazole rings is 1. The topological polar surface area (TPSA) is 72.1 Å². The second-order valence-corrected chi connectivity index (χ2v) is 7.03. The quantitative estimate of drug-likeness (QED) is 0.648.